The van der Waals surface area contributed by atoms with Crippen molar-refractivity contribution in [2.24, 2.45) is 5.73 Å². The minimum atomic E-state index is -0.642. The number of carbonyl (C=O) groups excluding carboxylic acids is 2. The van der Waals surface area contributed by atoms with Crippen molar-refractivity contribution in [3.8, 4) is 0 Å². The van der Waals surface area contributed by atoms with Crippen molar-refractivity contribution in [2.45, 2.75) is 51.4 Å². The summed E-state index contributed by atoms with van der Waals surface area (Å²) in [5.74, 6) is -0.781. The Bertz CT molecular complexity index is 1170. The number of rotatable bonds is 7. The second-order valence-corrected chi connectivity index (χ2v) is 8.72. The van der Waals surface area contributed by atoms with Crippen LogP contribution < -0.4 is 11.1 Å². The third-order valence-electron chi connectivity index (χ3n) is 5.92. The molecule has 0 saturated heterocycles. The smallest absolute Gasteiger partial charge is 0.243 e. The van der Waals surface area contributed by atoms with Crippen LogP contribution in [-0.4, -0.2) is 33.8 Å². The van der Waals surface area contributed by atoms with Gasteiger partial charge in [-0.3, -0.25) is 14.6 Å². The van der Waals surface area contributed by atoms with E-state index in [2.05, 4.69) is 16.9 Å². The van der Waals surface area contributed by atoms with Gasteiger partial charge in [0.25, 0.3) is 0 Å². The summed E-state index contributed by atoms with van der Waals surface area (Å²) in [6.07, 6.45) is 4.13. The molecule has 2 heterocycles. The lowest BCUT2D eigenvalue weighted by molar-refractivity contribution is -0.142. The first kappa shape index (κ1) is 26.8. The number of hydrogen-bond donors (Lipinski definition) is 2. The van der Waals surface area contributed by atoms with Crippen molar-refractivity contribution in [1.29, 1.82) is 0 Å². The van der Waals surface area contributed by atoms with Gasteiger partial charge in [0.15, 0.2) is 0 Å². The topological polar surface area (TPSA) is 88.3 Å². The van der Waals surface area contributed by atoms with Crippen LogP contribution in [0.4, 0.5) is 4.39 Å². The molecule has 188 valence electrons. The van der Waals surface area contributed by atoms with Crippen LogP contribution in [0.3, 0.4) is 0 Å². The summed E-state index contributed by atoms with van der Waals surface area (Å²) in [4.78, 5) is 32.2. The Labute approximate surface area is 212 Å². The maximum absolute atomic E-state index is 14.0. The van der Waals surface area contributed by atoms with Gasteiger partial charge in [-0.15, -0.1) is 6.58 Å². The molecule has 7 heteroatoms. The average Bonchev–Trinajstić information content (AvgIpc) is 2.89. The molecular weight excluding hydrogens is 455 g/mol. The zero-order valence-corrected chi connectivity index (χ0v) is 20.6. The van der Waals surface area contributed by atoms with Crippen LogP contribution in [0.25, 0.3) is 0 Å². The quantitative estimate of drug-likeness (QED) is 0.493. The summed E-state index contributed by atoms with van der Waals surface area (Å²) in [6.45, 7) is 5.87. The van der Waals surface area contributed by atoms with Crippen LogP contribution in [0.2, 0.25) is 0 Å². The summed E-state index contributed by atoms with van der Waals surface area (Å²) in [5.41, 5.74) is 9.50. The fourth-order valence-electron chi connectivity index (χ4n) is 4.18. The molecule has 0 aliphatic carbocycles. The predicted octanol–water partition coefficient (Wildman–Crippen LogP) is 3.94. The highest BCUT2D eigenvalue weighted by Gasteiger charge is 2.34. The van der Waals surface area contributed by atoms with E-state index >= 15 is 0 Å². The third kappa shape index (κ3) is 7.33. The first-order valence-corrected chi connectivity index (χ1v) is 12.0. The summed E-state index contributed by atoms with van der Waals surface area (Å²) in [6, 6.07) is 18.5. The molecule has 6 nitrogen and oxygen atoms in total. The maximum Gasteiger partial charge on any atom is 0.243 e. The Morgan fingerprint density at radius 1 is 1.14 bits per heavy atom. The number of fused-ring (bicyclic) bond motifs is 1. The number of nitrogens with zero attached hydrogens (tertiary/aromatic N) is 2. The Morgan fingerprint density at radius 3 is 2.50 bits per heavy atom. The van der Waals surface area contributed by atoms with Crippen molar-refractivity contribution < 1.29 is 14.0 Å². The highest BCUT2D eigenvalue weighted by molar-refractivity contribution is 5.88. The molecule has 1 unspecified atom stereocenters. The van der Waals surface area contributed by atoms with E-state index in [-0.39, 0.29) is 37.0 Å². The van der Waals surface area contributed by atoms with Crippen LogP contribution in [0.5, 0.6) is 0 Å². The van der Waals surface area contributed by atoms with Crippen molar-refractivity contribution in [3.05, 3.63) is 114 Å². The molecule has 4 rings (SSSR count). The van der Waals surface area contributed by atoms with E-state index in [9.17, 15) is 14.0 Å². The van der Waals surface area contributed by atoms with E-state index in [1.165, 1.54) is 6.07 Å². The van der Waals surface area contributed by atoms with Gasteiger partial charge in [-0.2, -0.15) is 0 Å². The van der Waals surface area contributed by atoms with Gasteiger partial charge in [0, 0.05) is 31.6 Å². The molecule has 1 aliphatic rings. The minimum absolute atomic E-state index is 0.0283. The number of nitrogens with one attached hydrogen (secondary N) is 1. The summed E-state index contributed by atoms with van der Waals surface area (Å²) < 4.78 is 14.0. The Balaban J connectivity index is 0.00000115. The van der Waals surface area contributed by atoms with Gasteiger partial charge in [-0.1, -0.05) is 54.6 Å². The molecule has 1 aliphatic heterocycles. The number of pyridine rings is 1. The molecule has 2 amide bonds. The van der Waals surface area contributed by atoms with E-state index in [1.807, 2.05) is 49.4 Å². The Hall–Kier alpha value is -3.84. The SMILES string of the molecule is C=CC.NC(CC(=O)N1Cc2ccccc2C[C@H]1C(=O)NCc1ccccn1)Cc1ccccc1F. The van der Waals surface area contributed by atoms with Gasteiger partial charge in [0.05, 0.1) is 12.2 Å². The monoisotopic (exact) mass is 488 g/mol. The number of benzene rings is 2. The molecule has 3 N–H and O–H groups in total. The normalized spacial score (nSPS) is 15.1. The van der Waals surface area contributed by atoms with Gasteiger partial charge in [0.2, 0.25) is 11.8 Å². The van der Waals surface area contributed by atoms with Crippen LogP contribution >= 0.6 is 0 Å². The van der Waals surface area contributed by atoms with Gasteiger partial charge < -0.3 is 16.0 Å². The molecule has 0 saturated carbocycles. The van der Waals surface area contributed by atoms with Crippen LogP contribution in [0.1, 0.15) is 35.7 Å². The molecule has 2 atom stereocenters. The Morgan fingerprint density at radius 2 is 1.81 bits per heavy atom. The van der Waals surface area contributed by atoms with E-state index in [0.29, 0.717) is 18.5 Å². The molecule has 0 spiro atoms. The first-order chi connectivity index (χ1) is 17.4. The average molecular weight is 489 g/mol. The zero-order valence-electron chi connectivity index (χ0n) is 20.6. The molecule has 1 aromatic heterocycles. The molecule has 36 heavy (non-hydrogen) atoms. The molecule has 0 fully saturated rings. The summed E-state index contributed by atoms with van der Waals surface area (Å²) in [7, 11) is 0. The van der Waals surface area contributed by atoms with Crippen molar-refractivity contribution in [3.63, 3.8) is 0 Å². The Kier molecular flexibility index (Phi) is 9.89. The fraction of sp³-hybridized carbons (Fsp3) is 0.276. The second kappa shape index (κ2) is 13.3. The summed E-state index contributed by atoms with van der Waals surface area (Å²) in [5, 5.41) is 2.91. The van der Waals surface area contributed by atoms with Crippen molar-refractivity contribution >= 4 is 11.8 Å². The lowest BCUT2D eigenvalue weighted by Crippen LogP contribution is -2.53. The van der Waals surface area contributed by atoms with Crippen LogP contribution in [-0.2, 0) is 35.5 Å². The van der Waals surface area contributed by atoms with Gasteiger partial charge in [-0.25, -0.2) is 4.39 Å². The minimum Gasteiger partial charge on any atom is -0.349 e. The number of aromatic nitrogens is 1. The molecule has 2 aromatic carbocycles. The third-order valence-corrected chi connectivity index (χ3v) is 5.92. The predicted molar refractivity (Wildman–Crippen MR) is 139 cm³/mol. The summed E-state index contributed by atoms with van der Waals surface area (Å²) >= 11 is 0. The number of nitrogens with two attached hydrogens (primary N) is 1. The lowest BCUT2D eigenvalue weighted by Gasteiger charge is -2.36. The number of carbonyl (C=O) groups is 2. The molecule has 3 aromatic rings. The zero-order chi connectivity index (χ0) is 25.9. The fourth-order valence-corrected chi connectivity index (χ4v) is 4.18. The highest BCUT2D eigenvalue weighted by atomic mass is 19.1. The number of amides is 2. The van der Waals surface area contributed by atoms with Crippen LogP contribution in [0.15, 0.2) is 85.6 Å². The van der Waals surface area contributed by atoms with Gasteiger partial charge >= 0.3 is 0 Å². The number of halogens is 1. The molecule has 0 radical (unpaired) electrons. The van der Waals surface area contributed by atoms with E-state index < -0.39 is 12.1 Å². The largest absolute Gasteiger partial charge is 0.349 e. The first-order valence-electron chi connectivity index (χ1n) is 12.0. The van der Waals surface area contributed by atoms with E-state index in [1.54, 1.807) is 35.4 Å². The molecule has 0 bridgehead atoms. The number of allylic oxidation sites excluding steroid dienone is 1. The van der Waals surface area contributed by atoms with Crippen LogP contribution in [0, 0.1) is 5.82 Å². The van der Waals surface area contributed by atoms with E-state index in [0.717, 1.165) is 16.8 Å². The van der Waals surface area contributed by atoms with Gasteiger partial charge in [0.1, 0.15) is 11.9 Å². The van der Waals surface area contributed by atoms with Gasteiger partial charge in [-0.05, 0) is 48.2 Å². The van der Waals surface area contributed by atoms with Crippen molar-refractivity contribution in [2.75, 3.05) is 0 Å². The maximum atomic E-state index is 14.0. The van der Waals surface area contributed by atoms with Crippen molar-refractivity contribution in [1.82, 2.24) is 15.2 Å². The second-order valence-electron chi connectivity index (χ2n) is 8.72. The standard InChI is InChI=1S/C26H27FN4O2.C3H6/c27-23-11-4-3-8-19(23)13-21(28)15-25(32)31-17-20-9-2-1-7-18(20)14-24(31)26(33)30-16-22-10-5-6-12-29-22;1-3-2/h1-12,21,24H,13-17,28H2,(H,30,33);3H,1H2,2H3/t21?,24-;/m0./s1. The molecular formula is C29H33FN4O2. The lowest BCUT2D eigenvalue weighted by atomic mass is 9.92. The number of hydrogen-bond acceptors (Lipinski definition) is 4. The highest BCUT2D eigenvalue weighted by Crippen LogP contribution is 2.25. The van der Waals surface area contributed by atoms with E-state index in [4.69, 9.17) is 5.73 Å².